The molecule has 0 radical (unpaired) electrons. The fourth-order valence-corrected chi connectivity index (χ4v) is 1.20. The Morgan fingerprint density at radius 1 is 1.56 bits per heavy atom. The molecule has 0 aliphatic carbocycles. The Labute approximate surface area is 93.7 Å². The molecule has 86 valence electrons. The molecule has 0 saturated heterocycles. The first-order valence-electron chi connectivity index (χ1n) is 4.90. The predicted molar refractivity (Wildman–Crippen MR) is 61.3 cm³/mol. The molecule has 2 N–H and O–H groups in total. The van der Waals surface area contributed by atoms with Crippen LogP contribution in [0.15, 0.2) is 30.9 Å². The zero-order chi connectivity index (χ0) is 12.0. The maximum absolute atomic E-state index is 10.7. The van der Waals surface area contributed by atoms with E-state index in [0.29, 0.717) is 19.6 Å². The van der Waals surface area contributed by atoms with Gasteiger partial charge in [0.25, 0.3) is 0 Å². The second-order valence-corrected chi connectivity index (χ2v) is 3.19. The van der Waals surface area contributed by atoms with Gasteiger partial charge in [-0.05, 0) is 18.1 Å². The Kier molecular flexibility index (Phi) is 4.47. The fourth-order valence-electron chi connectivity index (χ4n) is 1.20. The van der Waals surface area contributed by atoms with Crippen LogP contribution in [-0.2, 0) is 6.54 Å². The standard InChI is InChI=1S/C11H14N2O3/c1-2-3-6-16-11-7-9(8-12)4-5-10(11)13(14)15/h2,4-5,7H,1,3,6,8,12H2. The molecule has 0 atom stereocenters. The van der Waals surface area contributed by atoms with E-state index in [1.54, 1.807) is 18.2 Å². The summed E-state index contributed by atoms with van der Waals surface area (Å²) in [5.74, 6) is 0.259. The summed E-state index contributed by atoms with van der Waals surface area (Å²) in [6.45, 7) is 4.25. The van der Waals surface area contributed by atoms with Crippen LogP contribution in [0.1, 0.15) is 12.0 Å². The highest BCUT2D eigenvalue weighted by molar-refractivity contribution is 5.48. The van der Waals surface area contributed by atoms with Gasteiger partial charge in [-0.25, -0.2) is 0 Å². The lowest BCUT2D eigenvalue weighted by molar-refractivity contribution is -0.385. The molecule has 16 heavy (non-hydrogen) atoms. The number of ether oxygens (including phenoxy) is 1. The molecule has 0 heterocycles. The first-order chi connectivity index (χ1) is 7.69. The minimum absolute atomic E-state index is 0.0405. The molecule has 1 aromatic rings. The average Bonchev–Trinajstić information content (AvgIpc) is 2.29. The summed E-state index contributed by atoms with van der Waals surface area (Å²) in [6.07, 6.45) is 2.34. The van der Waals surface area contributed by atoms with Gasteiger partial charge in [0.15, 0.2) is 5.75 Å². The number of nitrogens with zero attached hydrogens (tertiary/aromatic N) is 1. The molecule has 5 heteroatoms. The highest BCUT2D eigenvalue weighted by Crippen LogP contribution is 2.27. The molecular formula is C11H14N2O3. The molecule has 0 fully saturated rings. The van der Waals surface area contributed by atoms with Gasteiger partial charge in [-0.15, -0.1) is 6.58 Å². The quantitative estimate of drug-likeness (QED) is 0.345. The maximum atomic E-state index is 10.7. The smallest absolute Gasteiger partial charge is 0.310 e. The van der Waals surface area contributed by atoms with Crippen LogP contribution in [0.3, 0.4) is 0 Å². The van der Waals surface area contributed by atoms with E-state index < -0.39 is 4.92 Å². The predicted octanol–water partition coefficient (Wildman–Crippen LogP) is 2.01. The lowest BCUT2D eigenvalue weighted by atomic mass is 10.2. The van der Waals surface area contributed by atoms with E-state index >= 15 is 0 Å². The third-order valence-electron chi connectivity index (χ3n) is 2.04. The fraction of sp³-hybridized carbons (Fsp3) is 0.273. The highest BCUT2D eigenvalue weighted by Gasteiger charge is 2.14. The number of hydrogen-bond donors (Lipinski definition) is 1. The minimum Gasteiger partial charge on any atom is -0.486 e. The molecule has 1 aromatic carbocycles. The van der Waals surface area contributed by atoms with E-state index in [-0.39, 0.29) is 11.4 Å². The molecule has 0 saturated carbocycles. The third kappa shape index (κ3) is 3.06. The average molecular weight is 222 g/mol. The van der Waals surface area contributed by atoms with E-state index in [2.05, 4.69) is 6.58 Å². The van der Waals surface area contributed by atoms with Crippen molar-refractivity contribution >= 4 is 5.69 Å². The Bertz CT molecular complexity index is 391. The van der Waals surface area contributed by atoms with Crippen molar-refractivity contribution in [2.24, 2.45) is 5.73 Å². The van der Waals surface area contributed by atoms with Crippen LogP contribution in [0.25, 0.3) is 0 Å². The topological polar surface area (TPSA) is 78.4 Å². The number of nitro groups is 1. The van der Waals surface area contributed by atoms with Crippen molar-refractivity contribution in [1.82, 2.24) is 0 Å². The van der Waals surface area contributed by atoms with Crippen molar-refractivity contribution in [3.05, 3.63) is 46.5 Å². The van der Waals surface area contributed by atoms with Crippen molar-refractivity contribution in [2.75, 3.05) is 6.61 Å². The Morgan fingerprint density at radius 2 is 2.31 bits per heavy atom. The summed E-state index contributed by atoms with van der Waals surface area (Å²) in [5.41, 5.74) is 6.22. The molecule has 0 spiro atoms. The van der Waals surface area contributed by atoms with Gasteiger partial charge in [-0.2, -0.15) is 0 Å². The van der Waals surface area contributed by atoms with E-state index in [9.17, 15) is 10.1 Å². The SMILES string of the molecule is C=CCCOc1cc(CN)ccc1[N+](=O)[O-]. The summed E-state index contributed by atoms with van der Waals surface area (Å²) in [4.78, 5) is 10.3. The number of hydrogen-bond acceptors (Lipinski definition) is 4. The van der Waals surface area contributed by atoms with Crippen molar-refractivity contribution in [3.63, 3.8) is 0 Å². The molecule has 0 amide bonds. The number of nitro benzene ring substituents is 1. The van der Waals surface area contributed by atoms with Gasteiger partial charge < -0.3 is 10.5 Å². The molecule has 5 nitrogen and oxygen atoms in total. The molecule has 0 aromatic heterocycles. The Balaban J connectivity index is 2.91. The molecule has 1 rings (SSSR count). The zero-order valence-corrected chi connectivity index (χ0v) is 8.89. The van der Waals surface area contributed by atoms with Crippen LogP contribution in [0.5, 0.6) is 5.75 Å². The minimum atomic E-state index is -0.469. The first-order valence-corrected chi connectivity index (χ1v) is 4.90. The Morgan fingerprint density at radius 3 is 2.88 bits per heavy atom. The third-order valence-corrected chi connectivity index (χ3v) is 2.04. The van der Waals surface area contributed by atoms with Crippen molar-refractivity contribution < 1.29 is 9.66 Å². The van der Waals surface area contributed by atoms with Crippen molar-refractivity contribution in [3.8, 4) is 5.75 Å². The molecular weight excluding hydrogens is 208 g/mol. The molecule has 0 unspecified atom stereocenters. The van der Waals surface area contributed by atoms with E-state index in [1.165, 1.54) is 6.07 Å². The first kappa shape index (κ1) is 12.2. The summed E-state index contributed by atoms with van der Waals surface area (Å²) >= 11 is 0. The van der Waals surface area contributed by atoms with Gasteiger partial charge in [0.2, 0.25) is 0 Å². The van der Waals surface area contributed by atoms with Crippen LogP contribution in [0, 0.1) is 10.1 Å². The summed E-state index contributed by atoms with van der Waals surface area (Å²) < 4.78 is 5.31. The zero-order valence-electron chi connectivity index (χ0n) is 8.89. The van der Waals surface area contributed by atoms with Gasteiger partial charge in [0.05, 0.1) is 11.5 Å². The number of benzene rings is 1. The lowest BCUT2D eigenvalue weighted by Crippen LogP contribution is -2.02. The Hall–Kier alpha value is -1.88. The van der Waals surface area contributed by atoms with Crippen LogP contribution in [-0.4, -0.2) is 11.5 Å². The van der Waals surface area contributed by atoms with Gasteiger partial charge in [-0.1, -0.05) is 12.1 Å². The van der Waals surface area contributed by atoms with E-state index in [0.717, 1.165) is 5.56 Å². The van der Waals surface area contributed by atoms with Crippen molar-refractivity contribution in [2.45, 2.75) is 13.0 Å². The van der Waals surface area contributed by atoms with Gasteiger partial charge in [0, 0.05) is 12.6 Å². The normalized spacial score (nSPS) is 9.81. The van der Waals surface area contributed by atoms with Crippen LogP contribution >= 0.6 is 0 Å². The second kappa shape index (κ2) is 5.87. The van der Waals surface area contributed by atoms with Crippen LogP contribution in [0.2, 0.25) is 0 Å². The number of rotatable bonds is 6. The van der Waals surface area contributed by atoms with Gasteiger partial charge >= 0.3 is 5.69 Å². The summed E-state index contributed by atoms with van der Waals surface area (Å²) in [6, 6.07) is 4.63. The lowest BCUT2D eigenvalue weighted by Gasteiger charge is -2.06. The summed E-state index contributed by atoms with van der Waals surface area (Å²) in [5, 5.41) is 10.7. The maximum Gasteiger partial charge on any atom is 0.310 e. The molecule has 0 aliphatic heterocycles. The van der Waals surface area contributed by atoms with E-state index in [4.69, 9.17) is 10.5 Å². The molecule has 0 bridgehead atoms. The van der Waals surface area contributed by atoms with Gasteiger partial charge in [0.1, 0.15) is 0 Å². The van der Waals surface area contributed by atoms with E-state index in [1.807, 2.05) is 0 Å². The van der Waals surface area contributed by atoms with Crippen LogP contribution in [0.4, 0.5) is 5.69 Å². The largest absolute Gasteiger partial charge is 0.486 e. The second-order valence-electron chi connectivity index (χ2n) is 3.19. The van der Waals surface area contributed by atoms with Gasteiger partial charge in [-0.3, -0.25) is 10.1 Å². The summed E-state index contributed by atoms with van der Waals surface area (Å²) in [7, 11) is 0. The monoisotopic (exact) mass is 222 g/mol. The highest BCUT2D eigenvalue weighted by atomic mass is 16.6. The number of nitrogens with two attached hydrogens (primary N) is 1. The molecule has 0 aliphatic rings. The van der Waals surface area contributed by atoms with Crippen LogP contribution < -0.4 is 10.5 Å². The van der Waals surface area contributed by atoms with Crippen molar-refractivity contribution in [1.29, 1.82) is 0 Å².